The van der Waals surface area contributed by atoms with Gasteiger partial charge in [0.1, 0.15) is 58.4 Å². The third-order valence-electron chi connectivity index (χ3n) is 14.0. The van der Waals surface area contributed by atoms with Crippen LogP contribution in [0, 0.1) is 116 Å². The van der Waals surface area contributed by atoms with E-state index in [1.54, 1.807) is 0 Å². The molecule has 7 rings (SSSR count). The minimum Gasteiger partial charge on any atom is -0.494 e. The van der Waals surface area contributed by atoms with Crippen LogP contribution in [-0.4, -0.2) is 12.8 Å². The molecule has 1 heterocycles. The summed E-state index contributed by atoms with van der Waals surface area (Å²) < 4.78 is 302. The Kier molecular flexibility index (Phi) is 22.1. The molecule has 0 bridgehead atoms. The topological polar surface area (TPSA) is 13.1 Å². The maximum atomic E-state index is 15.4. The van der Waals surface area contributed by atoms with Crippen LogP contribution in [0.4, 0.5) is 87.8 Å². The van der Waals surface area contributed by atoms with Gasteiger partial charge in [0, 0.05) is 23.1 Å². The Hall–Kier alpha value is -6.81. The fourth-order valence-electron chi connectivity index (χ4n) is 9.96. The summed E-state index contributed by atoms with van der Waals surface area (Å²) in [6.07, 6.45) is 17.4. The molecule has 23 heteroatoms. The van der Waals surface area contributed by atoms with Crippen LogP contribution in [0.5, 0.6) is 5.75 Å². The smallest absolute Gasteiger partial charge is 0.212 e. The number of ether oxygens (including phenoxy) is 1. The van der Waals surface area contributed by atoms with E-state index in [1.807, 2.05) is 0 Å². The van der Waals surface area contributed by atoms with Crippen molar-refractivity contribution in [2.45, 2.75) is 116 Å². The summed E-state index contributed by atoms with van der Waals surface area (Å²) in [5, 5.41) is 1.28. The first kappa shape index (κ1) is 63.4. The Balaban J connectivity index is 0.000000268. The summed E-state index contributed by atoms with van der Waals surface area (Å²) in [5.41, 5.74) is -11.8. The van der Waals surface area contributed by atoms with Gasteiger partial charge in [-0.3, -0.25) is 0 Å². The van der Waals surface area contributed by atoms with Gasteiger partial charge in [-0.25, -0.2) is 87.8 Å². The number of unbranched alkanes of at least 4 members (excludes halogenated alkanes) is 15. The molecule has 0 fully saturated rings. The second-order valence-corrected chi connectivity index (χ2v) is 19.3. The number of para-hydroxylation sites is 1. The Morgan fingerprint density at radius 3 is 0.938 bits per heavy atom. The third-order valence-corrected chi connectivity index (χ3v) is 14.0. The van der Waals surface area contributed by atoms with Gasteiger partial charge >= 0.3 is 0 Å². The monoisotopic (exact) mass is 1170 g/mol. The number of pyridine rings is 1. The summed E-state index contributed by atoms with van der Waals surface area (Å²) in [4.78, 5) is 0. The number of rotatable bonds is 24. The van der Waals surface area contributed by atoms with Crippen LogP contribution in [0.2, 0.25) is 0 Å². The van der Waals surface area contributed by atoms with Crippen LogP contribution in [0.25, 0.3) is 10.9 Å². The lowest BCUT2D eigenvalue weighted by atomic mass is 9.12. The Morgan fingerprint density at radius 1 is 0.321 bits per heavy atom. The molecule has 81 heavy (non-hydrogen) atoms. The van der Waals surface area contributed by atoms with E-state index in [4.69, 9.17) is 4.74 Å². The highest BCUT2D eigenvalue weighted by molar-refractivity contribution is 7.20. The molecule has 436 valence electrons. The van der Waals surface area contributed by atoms with Gasteiger partial charge in [-0.05, 0) is 42.8 Å². The lowest BCUT2D eigenvalue weighted by Crippen LogP contribution is -2.81. The first-order valence-electron chi connectivity index (χ1n) is 25.9. The molecule has 0 N–H and O–H groups in total. The van der Waals surface area contributed by atoms with E-state index >= 15 is 35.1 Å². The van der Waals surface area contributed by atoms with Crippen LogP contribution in [0.15, 0.2) is 66.9 Å². The number of halogens is 20. The summed E-state index contributed by atoms with van der Waals surface area (Å²) in [6.45, 7) is 4.00. The fraction of sp³-hybridized carbons (Fsp3) is 0.328. The molecular formula is C58H50BF20NO. The van der Waals surface area contributed by atoms with Gasteiger partial charge in [0.2, 0.25) is 5.52 Å². The Bertz CT molecular complexity index is 2950. The molecule has 0 saturated carbocycles. The molecule has 0 unspecified atom stereocenters. The molecular weight excluding hydrogens is 1120 g/mol. The van der Waals surface area contributed by atoms with Gasteiger partial charge < -0.3 is 4.74 Å². The first-order chi connectivity index (χ1) is 38.6. The predicted molar refractivity (Wildman–Crippen MR) is 264 cm³/mol. The number of hydrogen-bond donors (Lipinski definition) is 0. The highest BCUT2D eigenvalue weighted by atomic mass is 19.2. The Morgan fingerprint density at radius 2 is 0.605 bits per heavy atom. The summed E-state index contributed by atoms with van der Waals surface area (Å²) in [7, 11) is 0. The van der Waals surface area contributed by atoms with E-state index < -0.39 is 144 Å². The molecule has 0 aliphatic rings. The van der Waals surface area contributed by atoms with Crippen LogP contribution < -0.4 is 31.2 Å². The van der Waals surface area contributed by atoms with E-state index in [1.165, 1.54) is 113 Å². The lowest BCUT2D eigenvalue weighted by Gasteiger charge is -2.44. The van der Waals surface area contributed by atoms with Gasteiger partial charge in [-0.1, -0.05) is 115 Å². The molecule has 6 aromatic carbocycles. The average Bonchev–Trinajstić information content (AvgIpc) is 3.62. The normalized spacial score (nSPS) is 11.7. The van der Waals surface area contributed by atoms with Crippen molar-refractivity contribution < 1.29 is 97.1 Å². The third kappa shape index (κ3) is 13.3. The van der Waals surface area contributed by atoms with Crippen molar-refractivity contribution in [3.8, 4) is 5.75 Å². The molecule has 0 spiro atoms. The molecule has 2 nitrogen and oxygen atoms in total. The lowest BCUT2D eigenvalue weighted by molar-refractivity contribution is -0.662. The minimum atomic E-state index is -7.22. The van der Waals surface area contributed by atoms with Crippen LogP contribution >= 0.6 is 0 Å². The van der Waals surface area contributed by atoms with Gasteiger partial charge in [0.05, 0.1) is 6.61 Å². The van der Waals surface area contributed by atoms with Crippen molar-refractivity contribution >= 4 is 38.9 Å². The molecule has 0 saturated heterocycles. The zero-order chi connectivity index (χ0) is 59.5. The minimum absolute atomic E-state index is 0.829. The largest absolute Gasteiger partial charge is 0.494 e. The van der Waals surface area contributed by atoms with Crippen molar-refractivity contribution in [3.05, 3.63) is 189 Å². The Labute approximate surface area is 452 Å². The summed E-state index contributed by atoms with van der Waals surface area (Å²) in [5.74, 6) is -70.4. The second-order valence-electron chi connectivity index (χ2n) is 19.3. The number of benzene rings is 6. The zero-order valence-corrected chi connectivity index (χ0v) is 43.1. The number of fused-ring (bicyclic) bond motifs is 1. The van der Waals surface area contributed by atoms with E-state index in [9.17, 15) is 52.7 Å². The maximum Gasteiger partial charge on any atom is 0.212 e. The number of hydrogen-bond acceptors (Lipinski definition) is 1. The predicted octanol–water partition coefficient (Wildman–Crippen LogP) is 15.7. The molecule has 0 aliphatic carbocycles. The van der Waals surface area contributed by atoms with Gasteiger partial charge in [-0.2, -0.15) is 4.57 Å². The number of nitrogens with zero attached hydrogens (tertiary/aromatic N) is 1. The molecule has 1 aromatic heterocycles. The SMILES string of the molecule is CCCCCCCCCCCCCCCCCCOc1ccc(C[n+]2cccc3ccccc32)cc1.Fc1c(F)c(F)c([B-](c2c(F)c(F)c(F)c(F)c2F)(c2c(F)c(F)c(F)c(F)c2F)c2c(F)c(F)c(F)c(F)c2F)c(F)c1F. The van der Waals surface area contributed by atoms with E-state index in [0.29, 0.717) is 0 Å². The second kappa shape index (κ2) is 28.3. The highest BCUT2D eigenvalue weighted by Gasteiger charge is 2.52. The van der Waals surface area contributed by atoms with Crippen molar-refractivity contribution in [1.29, 1.82) is 0 Å². The van der Waals surface area contributed by atoms with Crippen molar-refractivity contribution in [3.63, 3.8) is 0 Å². The number of aromatic nitrogens is 1. The van der Waals surface area contributed by atoms with Gasteiger partial charge in [0.25, 0.3) is 0 Å². The van der Waals surface area contributed by atoms with Gasteiger partial charge in [-0.15, -0.1) is 21.9 Å². The van der Waals surface area contributed by atoms with Crippen LogP contribution in [0.3, 0.4) is 0 Å². The van der Waals surface area contributed by atoms with Crippen molar-refractivity contribution in [1.82, 2.24) is 0 Å². The first-order valence-corrected chi connectivity index (χ1v) is 25.9. The molecule has 0 radical (unpaired) electrons. The molecule has 7 aromatic rings. The van der Waals surface area contributed by atoms with E-state index in [2.05, 4.69) is 78.4 Å². The quantitative estimate of drug-likeness (QED) is 0.0147. The standard InChI is InChI=1S/C34H50NO.C24BF20/c1-2-3-4-5-6-7-8-9-10-11-12-13-14-15-16-19-29-36-33-26-24-31(25-27-33)30-35-28-20-22-32-21-17-18-23-34(32)35;26-5-1(6(27)14(35)21(42)13(5)34)25(2-7(28)15(36)22(43)16(37)8(2)29,3-9(30)17(38)23(44)18(39)10(3)31)4-11(32)19(40)24(45)20(41)12(4)33/h17-18,20-28H,2-16,19,29-30H2,1H3;/q+1;-1. The molecule has 0 aliphatic heterocycles. The summed E-state index contributed by atoms with van der Waals surface area (Å²) >= 11 is 0. The highest BCUT2D eigenvalue weighted by Crippen LogP contribution is 2.31. The fourth-order valence-corrected chi connectivity index (χ4v) is 9.96. The molecule has 0 amide bonds. The van der Waals surface area contributed by atoms with E-state index in [-0.39, 0.29) is 0 Å². The maximum absolute atomic E-state index is 15.4. The molecule has 0 atom stereocenters. The van der Waals surface area contributed by atoms with E-state index in [0.717, 1.165) is 25.3 Å². The van der Waals surface area contributed by atoms with Crippen molar-refractivity contribution in [2.75, 3.05) is 6.61 Å². The van der Waals surface area contributed by atoms with Crippen LogP contribution in [-0.2, 0) is 6.54 Å². The van der Waals surface area contributed by atoms with Crippen LogP contribution in [0.1, 0.15) is 115 Å². The zero-order valence-electron chi connectivity index (χ0n) is 43.1. The summed E-state index contributed by atoms with van der Waals surface area (Å²) in [6, 6.07) is 21.5. The average molecular weight is 1170 g/mol. The van der Waals surface area contributed by atoms with Gasteiger partial charge in [0.15, 0.2) is 82.5 Å². The van der Waals surface area contributed by atoms with Crippen molar-refractivity contribution in [2.24, 2.45) is 0 Å².